The second-order valence-electron chi connectivity index (χ2n) is 4.90. The van der Waals surface area contributed by atoms with Gasteiger partial charge >= 0.3 is 0 Å². The van der Waals surface area contributed by atoms with Crippen LogP contribution in [0, 0.1) is 0 Å². The molecule has 0 unspecified atom stereocenters. The van der Waals surface area contributed by atoms with E-state index in [4.69, 9.17) is 0 Å². The fourth-order valence-corrected chi connectivity index (χ4v) is 2.87. The van der Waals surface area contributed by atoms with Gasteiger partial charge in [-0.2, -0.15) is 11.8 Å². The molecule has 2 saturated carbocycles. The summed E-state index contributed by atoms with van der Waals surface area (Å²) in [4.78, 5) is 13.9. The van der Waals surface area contributed by atoms with Gasteiger partial charge in [-0.05, 0) is 38.9 Å². The van der Waals surface area contributed by atoms with Gasteiger partial charge in [0.1, 0.15) is 0 Å². The summed E-state index contributed by atoms with van der Waals surface area (Å²) in [6.45, 7) is 4.44. The zero-order valence-electron chi connectivity index (χ0n) is 10.3. The van der Waals surface area contributed by atoms with Crippen molar-refractivity contribution >= 4 is 17.7 Å². The first-order chi connectivity index (χ1) is 7.71. The van der Waals surface area contributed by atoms with Crippen molar-refractivity contribution in [1.29, 1.82) is 0 Å². The minimum atomic E-state index is 0.280. The van der Waals surface area contributed by atoms with Gasteiger partial charge in [-0.3, -0.25) is 4.79 Å². The zero-order valence-corrected chi connectivity index (χ0v) is 11.1. The van der Waals surface area contributed by atoms with Crippen LogP contribution in [0.3, 0.4) is 0 Å². The summed E-state index contributed by atoms with van der Waals surface area (Å²) in [6, 6.07) is 0.551. The molecule has 0 spiro atoms. The van der Waals surface area contributed by atoms with Crippen LogP contribution in [0.25, 0.3) is 0 Å². The van der Waals surface area contributed by atoms with Gasteiger partial charge < -0.3 is 10.2 Å². The number of carbonyl (C=O) groups is 1. The van der Waals surface area contributed by atoms with E-state index in [-0.39, 0.29) is 5.91 Å². The first-order valence-electron chi connectivity index (χ1n) is 6.26. The van der Waals surface area contributed by atoms with E-state index in [1.807, 2.05) is 16.7 Å². The van der Waals surface area contributed by atoms with Crippen molar-refractivity contribution in [2.75, 3.05) is 25.9 Å². The molecule has 16 heavy (non-hydrogen) atoms. The Hall–Kier alpha value is -0.220. The van der Waals surface area contributed by atoms with Gasteiger partial charge in [-0.15, -0.1) is 0 Å². The first kappa shape index (κ1) is 12.2. The third-order valence-electron chi connectivity index (χ3n) is 3.61. The van der Waals surface area contributed by atoms with Crippen molar-refractivity contribution in [2.45, 2.75) is 43.4 Å². The Morgan fingerprint density at radius 2 is 2.19 bits per heavy atom. The Kier molecular flexibility index (Phi) is 3.80. The number of likely N-dealkylation sites (N-methyl/N-ethyl adjacent to an activating group) is 1. The van der Waals surface area contributed by atoms with Crippen LogP contribution in [-0.4, -0.2) is 47.5 Å². The van der Waals surface area contributed by atoms with E-state index in [9.17, 15) is 4.79 Å². The molecule has 0 aromatic carbocycles. The summed E-state index contributed by atoms with van der Waals surface area (Å²) < 4.78 is 0.455. The molecule has 0 atom stereocenters. The Morgan fingerprint density at radius 1 is 1.50 bits per heavy atom. The maximum absolute atomic E-state index is 11.9. The second kappa shape index (κ2) is 4.96. The van der Waals surface area contributed by atoms with Crippen LogP contribution in [-0.2, 0) is 4.79 Å². The number of hydrogen-bond acceptors (Lipinski definition) is 3. The van der Waals surface area contributed by atoms with Gasteiger partial charge in [-0.1, -0.05) is 0 Å². The molecule has 1 amide bonds. The lowest BCUT2D eigenvalue weighted by molar-refractivity contribution is -0.130. The number of thioether (sulfide) groups is 1. The molecule has 2 aliphatic rings. The highest BCUT2D eigenvalue weighted by atomic mass is 32.2. The maximum atomic E-state index is 11.9. The molecule has 0 bridgehead atoms. The summed E-state index contributed by atoms with van der Waals surface area (Å²) in [5.74, 6) is 0.280. The molecule has 92 valence electrons. The third-order valence-corrected chi connectivity index (χ3v) is 5.03. The van der Waals surface area contributed by atoms with E-state index in [1.165, 1.54) is 25.7 Å². The SMILES string of the molecule is CCN(C(=O)CNCC1(SC)CC1)C1CC1. The van der Waals surface area contributed by atoms with Crippen LogP contribution < -0.4 is 5.32 Å². The standard InChI is InChI=1S/C12H22N2OS/c1-3-14(10-4-5-10)11(15)8-13-9-12(16-2)6-7-12/h10,13H,3-9H2,1-2H3. The van der Waals surface area contributed by atoms with Crippen LogP contribution in [0.5, 0.6) is 0 Å². The van der Waals surface area contributed by atoms with Crippen molar-refractivity contribution in [3.63, 3.8) is 0 Å². The van der Waals surface area contributed by atoms with E-state index in [0.29, 0.717) is 17.3 Å². The van der Waals surface area contributed by atoms with E-state index in [2.05, 4.69) is 18.5 Å². The van der Waals surface area contributed by atoms with E-state index < -0.39 is 0 Å². The molecule has 2 fully saturated rings. The fraction of sp³-hybridized carbons (Fsp3) is 0.917. The number of amides is 1. The van der Waals surface area contributed by atoms with Gasteiger partial charge in [0, 0.05) is 23.9 Å². The highest BCUT2D eigenvalue weighted by Gasteiger charge is 2.41. The van der Waals surface area contributed by atoms with Gasteiger partial charge in [0.2, 0.25) is 5.91 Å². The molecule has 0 heterocycles. The number of rotatable bonds is 7. The summed E-state index contributed by atoms with van der Waals surface area (Å²) in [6.07, 6.45) is 7.17. The lowest BCUT2D eigenvalue weighted by Crippen LogP contribution is -2.41. The van der Waals surface area contributed by atoms with Crippen molar-refractivity contribution in [3.05, 3.63) is 0 Å². The molecule has 0 aromatic rings. The second-order valence-corrected chi connectivity index (χ2v) is 6.18. The molecular weight excluding hydrogens is 220 g/mol. The quantitative estimate of drug-likeness (QED) is 0.734. The predicted octanol–water partition coefficient (Wildman–Crippen LogP) is 1.48. The number of hydrogen-bond donors (Lipinski definition) is 1. The van der Waals surface area contributed by atoms with Crippen LogP contribution >= 0.6 is 11.8 Å². The van der Waals surface area contributed by atoms with E-state index in [0.717, 1.165) is 13.1 Å². The number of carbonyl (C=O) groups excluding carboxylic acids is 1. The summed E-state index contributed by atoms with van der Waals surface area (Å²) in [5, 5.41) is 3.32. The van der Waals surface area contributed by atoms with E-state index in [1.54, 1.807) is 0 Å². The summed E-state index contributed by atoms with van der Waals surface area (Å²) >= 11 is 1.94. The summed E-state index contributed by atoms with van der Waals surface area (Å²) in [7, 11) is 0. The normalized spacial score (nSPS) is 21.9. The Morgan fingerprint density at radius 3 is 2.62 bits per heavy atom. The third kappa shape index (κ3) is 2.92. The van der Waals surface area contributed by atoms with Gasteiger partial charge in [-0.25, -0.2) is 0 Å². The highest BCUT2D eigenvalue weighted by molar-refractivity contribution is 8.00. The number of nitrogens with one attached hydrogen (secondary N) is 1. The Labute approximate surface area is 102 Å². The van der Waals surface area contributed by atoms with Crippen LogP contribution in [0.4, 0.5) is 0 Å². The van der Waals surface area contributed by atoms with Gasteiger partial charge in [0.25, 0.3) is 0 Å². The summed E-state index contributed by atoms with van der Waals surface area (Å²) in [5.41, 5.74) is 0. The zero-order chi connectivity index (χ0) is 11.6. The molecule has 3 nitrogen and oxygen atoms in total. The predicted molar refractivity (Wildman–Crippen MR) is 68.8 cm³/mol. The topological polar surface area (TPSA) is 32.3 Å². The van der Waals surface area contributed by atoms with Crippen molar-refractivity contribution in [2.24, 2.45) is 0 Å². The molecule has 4 heteroatoms. The molecule has 0 saturated heterocycles. The molecule has 2 aliphatic carbocycles. The maximum Gasteiger partial charge on any atom is 0.236 e. The molecule has 1 N–H and O–H groups in total. The first-order valence-corrected chi connectivity index (χ1v) is 7.48. The van der Waals surface area contributed by atoms with Gasteiger partial charge in [0.05, 0.1) is 6.54 Å². The largest absolute Gasteiger partial charge is 0.339 e. The smallest absolute Gasteiger partial charge is 0.236 e. The highest BCUT2D eigenvalue weighted by Crippen LogP contribution is 2.46. The lowest BCUT2D eigenvalue weighted by atomic mass is 10.4. The average Bonchev–Trinajstić information content (AvgIpc) is 3.14. The Bertz CT molecular complexity index is 262. The minimum absolute atomic E-state index is 0.280. The molecule has 0 aliphatic heterocycles. The molecule has 0 aromatic heterocycles. The number of nitrogens with zero attached hydrogens (tertiary/aromatic N) is 1. The average molecular weight is 242 g/mol. The van der Waals surface area contributed by atoms with Crippen LogP contribution in [0.1, 0.15) is 32.6 Å². The monoisotopic (exact) mass is 242 g/mol. The molecular formula is C12H22N2OS. The van der Waals surface area contributed by atoms with Crippen molar-refractivity contribution < 1.29 is 4.79 Å². The van der Waals surface area contributed by atoms with Crippen LogP contribution in [0.15, 0.2) is 0 Å². The minimum Gasteiger partial charge on any atom is -0.339 e. The van der Waals surface area contributed by atoms with E-state index >= 15 is 0 Å². The van der Waals surface area contributed by atoms with Crippen LogP contribution in [0.2, 0.25) is 0 Å². The molecule has 0 radical (unpaired) electrons. The van der Waals surface area contributed by atoms with Crippen molar-refractivity contribution in [3.8, 4) is 0 Å². The Balaban J connectivity index is 1.66. The van der Waals surface area contributed by atoms with Crippen molar-refractivity contribution in [1.82, 2.24) is 10.2 Å². The lowest BCUT2D eigenvalue weighted by Gasteiger charge is -2.21. The fourth-order valence-electron chi connectivity index (χ4n) is 2.12. The molecule has 2 rings (SSSR count). The van der Waals surface area contributed by atoms with Gasteiger partial charge in [0.15, 0.2) is 0 Å².